The molecule has 9 nitrogen and oxygen atoms in total. The van der Waals surface area contributed by atoms with Crippen molar-refractivity contribution in [3.05, 3.63) is 24.0 Å². The summed E-state index contributed by atoms with van der Waals surface area (Å²) in [6.45, 7) is 5.71. The van der Waals surface area contributed by atoms with Crippen LogP contribution in [0.15, 0.2) is 18.2 Å². The minimum absolute atomic E-state index is 0.0582. The van der Waals surface area contributed by atoms with Gasteiger partial charge in [-0.1, -0.05) is 13.3 Å². The van der Waals surface area contributed by atoms with Crippen LogP contribution in [0.4, 0.5) is 20.6 Å². The molecule has 200 valence electrons. The van der Waals surface area contributed by atoms with Gasteiger partial charge in [0.25, 0.3) is 0 Å². The highest BCUT2D eigenvalue weighted by molar-refractivity contribution is 5.90. The molecule has 0 bridgehead atoms. The first-order chi connectivity index (χ1) is 17.3. The van der Waals surface area contributed by atoms with E-state index in [0.717, 1.165) is 19.4 Å². The molecule has 2 fully saturated rings. The minimum atomic E-state index is -0.551. The highest BCUT2D eigenvalue weighted by atomic mass is 19.1. The van der Waals surface area contributed by atoms with Gasteiger partial charge in [0.15, 0.2) is 0 Å². The van der Waals surface area contributed by atoms with Crippen LogP contribution in [-0.4, -0.2) is 93.8 Å². The quantitative estimate of drug-likeness (QED) is 0.405. The Labute approximate surface area is 213 Å². The predicted octanol–water partition coefficient (Wildman–Crippen LogP) is 3.26. The molecule has 1 atom stereocenters. The molecule has 10 heteroatoms. The summed E-state index contributed by atoms with van der Waals surface area (Å²) < 4.78 is 25.6. The number of unbranched alkanes of at least 4 members (excludes halogenated alkanes) is 2. The second-order valence-corrected chi connectivity index (χ2v) is 9.50. The fourth-order valence-electron chi connectivity index (χ4n) is 4.41. The lowest BCUT2D eigenvalue weighted by atomic mass is 10.1. The van der Waals surface area contributed by atoms with Crippen LogP contribution in [0.2, 0.25) is 0 Å². The van der Waals surface area contributed by atoms with E-state index in [-0.39, 0.29) is 24.9 Å². The van der Waals surface area contributed by atoms with Gasteiger partial charge >= 0.3 is 6.09 Å². The molecule has 2 aliphatic heterocycles. The molecule has 2 heterocycles. The fraction of sp³-hybridized carbons (Fsp3) is 0.654. The maximum absolute atomic E-state index is 14.8. The lowest BCUT2D eigenvalue weighted by Crippen LogP contribution is -2.37. The summed E-state index contributed by atoms with van der Waals surface area (Å²) >= 11 is 0. The predicted molar refractivity (Wildman–Crippen MR) is 136 cm³/mol. The van der Waals surface area contributed by atoms with Gasteiger partial charge in [0, 0.05) is 46.6 Å². The molecule has 0 saturated carbocycles. The van der Waals surface area contributed by atoms with Crippen molar-refractivity contribution in [3.8, 4) is 0 Å². The van der Waals surface area contributed by atoms with E-state index in [1.807, 2.05) is 11.9 Å². The third-order valence-electron chi connectivity index (χ3n) is 6.68. The van der Waals surface area contributed by atoms with E-state index < -0.39 is 18.0 Å². The van der Waals surface area contributed by atoms with E-state index in [2.05, 4.69) is 6.92 Å². The highest BCUT2D eigenvalue weighted by Crippen LogP contribution is 2.28. The average Bonchev–Trinajstić information content (AvgIpc) is 3.24. The first-order valence-corrected chi connectivity index (χ1v) is 12.9. The van der Waals surface area contributed by atoms with E-state index >= 15 is 0 Å². The van der Waals surface area contributed by atoms with Crippen molar-refractivity contribution in [1.29, 1.82) is 0 Å². The van der Waals surface area contributed by atoms with Crippen LogP contribution in [0.5, 0.6) is 0 Å². The van der Waals surface area contributed by atoms with Crippen molar-refractivity contribution in [2.75, 3.05) is 69.8 Å². The molecule has 3 rings (SSSR count). The van der Waals surface area contributed by atoms with Crippen molar-refractivity contribution in [3.63, 3.8) is 0 Å². The number of hydrogen-bond acceptors (Lipinski definition) is 6. The van der Waals surface area contributed by atoms with E-state index in [1.54, 1.807) is 29.0 Å². The molecule has 1 aromatic carbocycles. The smallest absolute Gasteiger partial charge is 0.414 e. The van der Waals surface area contributed by atoms with Crippen LogP contribution in [0, 0.1) is 5.82 Å². The number of carbonyl (C=O) groups is 3. The van der Waals surface area contributed by atoms with Gasteiger partial charge in [0.05, 0.1) is 37.7 Å². The van der Waals surface area contributed by atoms with E-state index in [0.29, 0.717) is 63.4 Å². The SMILES string of the molecule is CCCCN(C)C(=O)CCCCC(=O)N(C)CC1CN(c2ccc(N3CCOCC3)c(F)c2)C(=O)O1. The van der Waals surface area contributed by atoms with E-state index in [4.69, 9.17) is 9.47 Å². The summed E-state index contributed by atoms with van der Waals surface area (Å²) in [6, 6.07) is 4.75. The molecular formula is C26H39FN4O5. The molecule has 0 aromatic heterocycles. The van der Waals surface area contributed by atoms with Crippen LogP contribution in [-0.2, 0) is 19.1 Å². The lowest BCUT2D eigenvalue weighted by molar-refractivity contribution is -0.132. The van der Waals surface area contributed by atoms with Gasteiger partial charge in [-0.25, -0.2) is 9.18 Å². The number of amides is 3. The third-order valence-corrected chi connectivity index (χ3v) is 6.68. The van der Waals surface area contributed by atoms with Crippen molar-refractivity contribution < 1.29 is 28.2 Å². The first kappa shape index (κ1) is 27.7. The Morgan fingerprint density at radius 2 is 1.72 bits per heavy atom. The summed E-state index contributed by atoms with van der Waals surface area (Å²) in [5.74, 6) is -0.346. The number of halogens is 1. The number of morpholine rings is 1. The lowest BCUT2D eigenvalue weighted by Gasteiger charge is -2.29. The Bertz CT molecular complexity index is 908. The number of cyclic esters (lactones) is 1. The number of carbonyl (C=O) groups excluding carboxylic acids is 3. The van der Waals surface area contributed by atoms with Crippen LogP contribution in [0.1, 0.15) is 45.4 Å². The Hall–Kier alpha value is -2.88. The maximum atomic E-state index is 14.8. The Balaban J connectivity index is 1.43. The Morgan fingerprint density at radius 3 is 2.36 bits per heavy atom. The largest absolute Gasteiger partial charge is 0.442 e. The molecule has 36 heavy (non-hydrogen) atoms. The molecule has 1 aromatic rings. The van der Waals surface area contributed by atoms with Gasteiger partial charge in [-0.15, -0.1) is 0 Å². The van der Waals surface area contributed by atoms with Crippen molar-refractivity contribution in [2.45, 2.75) is 51.6 Å². The molecule has 0 N–H and O–H groups in total. The second kappa shape index (κ2) is 13.4. The molecule has 0 radical (unpaired) electrons. The van der Waals surface area contributed by atoms with Crippen molar-refractivity contribution >= 4 is 29.3 Å². The number of likely N-dealkylation sites (N-methyl/N-ethyl adjacent to an activating group) is 1. The van der Waals surface area contributed by atoms with Gasteiger partial charge in [-0.05, 0) is 37.5 Å². The van der Waals surface area contributed by atoms with Crippen molar-refractivity contribution in [1.82, 2.24) is 9.80 Å². The molecular weight excluding hydrogens is 467 g/mol. The monoisotopic (exact) mass is 506 g/mol. The minimum Gasteiger partial charge on any atom is -0.442 e. The maximum Gasteiger partial charge on any atom is 0.414 e. The summed E-state index contributed by atoms with van der Waals surface area (Å²) in [5.41, 5.74) is 0.922. The van der Waals surface area contributed by atoms with E-state index in [9.17, 15) is 18.8 Å². The Morgan fingerprint density at radius 1 is 1.06 bits per heavy atom. The van der Waals surface area contributed by atoms with E-state index in [1.165, 1.54) is 11.0 Å². The fourth-order valence-corrected chi connectivity index (χ4v) is 4.41. The molecule has 0 aliphatic carbocycles. The first-order valence-electron chi connectivity index (χ1n) is 12.9. The van der Waals surface area contributed by atoms with Crippen LogP contribution >= 0.6 is 0 Å². The average molecular weight is 507 g/mol. The topological polar surface area (TPSA) is 82.6 Å². The normalized spacial score (nSPS) is 17.8. The zero-order valence-electron chi connectivity index (χ0n) is 21.7. The Kier molecular flexibility index (Phi) is 10.3. The van der Waals surface area contributed by atoms with Crippen molar-refractivity contribution in [2.24, 2.45) is 0 Å². The highest BCUT2D eigenvalue weighted by Gasteiger charge is 2.34. The van der Waals surface area contributed by atoms with Gasteiger partial charge in [-0.2, -0.15) is 0 Å². The third kappa shape index (κ3) is 7.56. The van der Waals surface area contributed by atoms with Gasteiger partial charge < -0.3 is 24.2 Å². The van der Waals surface area contributed by atoms with Crippen LogP contribution < -0.4 is 9.80 Å². The number of nitrogens with zero attached hydrogens (tertiary/aromatic N) is 4. The molecule has 0 spiro atoms. The number of benzene rings is 1. The zero-order valence-corrected chi connectivity index (χ0v) is 21.7. The zero-order chi connectivity index (χ0) is 26.1. The summed E-state index contributed by atoms with van der Waals surface area (Å²) in [5, 5.41) is 0. The van der Waals surface area contributed by atoms with Gasteiger partial charge in [0.1, 0.15) is 11.9 Å². The second-order valence-electron chi connectivity index (χ2n) is 9.50. The van der Waals surface area contributed by atoms with Gasteiger partial charge in [0.2, 0.25) is 11.8 Å². The molecule has 3 amide bonds. The standard InChI is InChI=1S/C26H39FN4O5/c1-4-5-12-28(2)24(32)8-6-7-9-25(33)29(3)18-21-19-31(26(34)36-21)20-10-11-23(22(27)17-20)30-13-15-35-16-14-30/h10-11,17,21H,4-9,12-16,18-19H2,1-3H3. The van der Waals surface area contributed by atoms with Gasteiger partial charge in [-0.3, -0.25) is 14.5 Å². The number of hydrogen-bond donors (Lipinski definition) is 0. The summed E-state index contributed by atoms with van der Waals surface area (Å²) in [6.07, 6.45) is 3.05. The number of anilines is 2. The van der Waals surface area contributed by atoms with Crippen LogP contribution in [0.25, 0.3) is 0 Å². The molecule has 1 unspecified atom stereocenters. The molecule has 2 aliphatic rings. The number of rotatable bonds is 12. The summed E-state index contributed by atoms with van der Waals surface area (Å²) in [4.78, 5) is 43.7. The number of ether oxygens (including phenoxy) is 2. The summed E-state index contributed by atoms with van der Waals surface area (Å²) in [7, 11) is 3.50. The molecule has 2 saturated heterocycles. The van der Waals surface area contributed by atoms with Crippen LogP contribution in [0.3, 0.4) is 0 Å².